The number of likely N-dealkylation sites (tertiary alicyclic amines) is 1. The SMILES string of the molecule is COc1ccc(CN2C(=O)C3(c4ccccc4)C4CCC2C43)cc1. The van der Waals surface area contributed by atoms with Gasteiger partial charge in [-0.15, -0.1) is 0 Å². The fourth-order valence-corrected chi connectivity index (χ4v) is 5.40. The van der Waals surface area contributed by atoms with Crippen molar-refractivity contribution in [1.29, 1.82) is 0 Å². The lowest BCUT2D eigenvalue weighted by Crippen LogP contribution is -2.37. The van der Waals surface area contributed by atoms with Crippen LogP contribution in [0.15, 0.2) is 54.6 Å². The molecule has 0 bridgehead atoms. The molecule has 3 fully saturated rings. The van der Waals surface area contributed by atoms with Crippen LogP contribution in [0.5, 0.6) is 5.75 Å². The Hall–Kier alpha value is -2.29. The summed E-state index contributed by atoms with van der Waals surface area (Å²) >= 11 is 0. The van der Waals surface area contributed by atoms with Crippen LogP contribution >= 0.6 is 0 Å². The van der Waals surface area contributed by atoms with Crippen LogP contribution in [0, 0.1) is 11.8 Å². The van der Waals surface area contributed by atoms with Gasteiger partial charge in [0.05, 0.1) is 12.5 Å². The van der Waals surface area contributed by atoms with Crippen LogP contribution in [-0.2, 0) is 16.8 Å². The number of fused-ring (bicyclic) bond motifs is 1. The molecule has 0 N–H and O–H groups in total. The van der Waals surface area contributed by atoms with E-state index in [2.05, 4.69) is 41.3 Å². The number of hydrogen-bond donors (Lipinski definition) is 0. The number of piperidine rings is 1. The van der Waals surface area contributed by atoms with Crippen molar-refractivity contribution >= 4 is 5.91 Å². The molecule has 4 atom stereocenters. The van der Waals surface area contributed by atoms with Crippen LogP contribution in [0.3, 0.4) is 0 Å². The molecule has 2 aromatic rings. The summed E-state index contributed by atoms with van der Waals surface area (Å²) in [6, 6.07) is 18.9. The molecule has 1 saturated heterocycles. The molecule has 4 unspecified atom stereocenters. The predicted octanol–water partition coefficient (Wildman–Crippen LogP) is 3.38. The fraction of sp³-hybridized carbons (Fsp3) is 0.381. The van der Waals surface area contributed by atoms with E-state index in [1.54, 1.807) is 7.11 Å². The number of carbonyl (C=O) groups excluding carboxylic acids is 1. The number of ether oxygens (including phenoxy) is 1. The maximum Gasteiger partial charge on any atom is 0.234 e. The minimum atomic E-state index is -0.212. The topological polar surface area (TPSA) is 29.5 Å². The summed E-state index contributed by atoms with van der Waals surface area (Å²) < 4.78 is 5.23. The molecule has 1 amide bonds. The van der Waals surface area contributed by atoms with Crippen LogP contribution in [0.2, 0.25) is 0 Å². The number of methoxy groups -OCH3 is 1. The Labute approximate surface area is 142 Å². The summed E-state index contributed by atoms with van der Waals surface area (Å²) in [5.41, 5.74) is 2.19. The molecular formula is C21H21NO2. The highest BCUT2D eigenvalue weighted by Crippen LogP contribution is 2.73. The van der Waals surface area contributed by atoms with E-state index in [4.69, 9.17) is 4.74 Å². The average Bonchev–Trinajstić information content (AvgIpc) is 3.03. The molecule has 0 radical (unpaired) electrons. The second-order valence-corrected chi connectivity index (χ2v) is 7.29. The minimum Gasteiger partial charge on any atom is -0.497 e. The van der Waals surface area contributed by atoms with E-state index in [1.807, 2.05) is 18.2 Å². The molecular weight excluding hydrogens is 298 g/mol. The number of carbonyl (C=O) groups is 1. The first kappa shape index (κ1) is 14.1. The summed E-state index contributed by atoms with van der Waals surface area (Å²) in [4.78, 5) is 15.5. The second kappa shape index (κ2) is 4.85. The molecule has 3 aliphatic rings. The molecule has 2 aliphatic carbocycles. The van der Waals surface area contributed by atoms with Crippen molar-refractivity contribution < 1.29 is 9.53 Å². The number of benzene rings is 2. The van der Waals surface area contributed by atoms with Crippen LogP contribution in [0.1, 0.15) is 24.0 Å². The molecule has 0 spiro atoms. The minimum absolute atomic E-state index is 0.212. The van der Waals surface area contributed by atoms with E-state index in [0.29, 0.717) is 30.3 Å². The molecule has 2 aromatic carbocycles. The van der Waals surface area contributed by atoms with E-state index in [1.165, 1.54) is 17.5 Å². The van der Waals surface area contributed by atoms with E-state index in [-0.39, 0.29) is 5.41 Å². The van der Waals surface area contributed by atoms with E-state index >= 15 is 0 Å². The third kappa shape index (κ3) is 1.65. The van der Waals surface area contributed by atoms with Gasteiger partial charge in [0, 0.05) is 18.5 Å². The van der Waals surface area contributed by atoms with Crippen molar-refractivity contribution in [3.8, 4) is 5.75 Å². The van der Waals surface area contributed by atoms with Gasteiger partial charge in [0.25, 0.3) is 0 Å². The first-order valence-electron chi connectivity index (χ1n) is 8.76. The molecule has 1 aliphatic heterocycles. The van der Waals surface area contributed by atoms with Gasteiger partial charge in [-0.1, -0.05) is 42.5 Å². The summed E-state index contributed by atoms with van der Waals surface area (Å²) in [5.74, 6) is 2.31. The smallest absolute Gasteiger partial charge is 0.234 e. The summed E-state index contributed by atoms with van der Waals surface area (Å²) in [6.07, 6.45) is 2.35. The van der Waals surface area contributed by atoms with Crippen molar-refractivity contribution in [2.24, 2.45) is 11.8 Å². The Morgan fingerprint density at radius 3 is 2.54 bits per heavy atom. The summed E-state index contributed by atoms with van der Waals surface area (Å²) in [5, 5.41) is 0. The highest BCUT2D eigenvalue weighted by molar-refractivity contribution is 5.97. The average molecular weight is 319 g/mol. The zero-order valence-electron chi connectivity index (χ0n) is 13.8. The maximum atomic E-state index is 13.4. The predicted molar refractivity (Wildman–Crippen MR) is 91.7 cm³/mol. The monoisotopic (exact) mass is 319 g/mol. The molecule has 2 saturated carbocycles. The molecule has 5 rings (SSSR count). The van der Waals surface area contributed by atoms with Gasteiger partial charge in [0.1, 0.15) is 5.75 Å². The lowest BCUT2D eigenvalue weighted by atomic mass is 9.89. The zero-order valence-corrected chi connectivity index (χ0v) is 13.8. The lowest BCUT2D eigenvalue weighted by Gasteiger charge is -2.26. The standard InChI is InChI=1S/C21H21NO2/c1-24-16-9-7-14(8-10-16)13-22-18-12-11-17-19(18)21(17,20(22)23)15-5-3-2-4-6-15/h2-10,17-19H,11-13H2,1H3. The van der Waals surface area contributed by atoms with Crippen LogP contribution < -0.4 is 4.74 Å². The third-order valence-corrected chi connectivity index (χ3v) is 6.40. The van der Waals surface area contributed by atoms with Gasteiger partial charge in [-0.25, -0.2) is 0 Å². The van der Waals surface area contributed by atoms with Gasteiger partial charge < -0.3 is 9.64 Å². The molecule has 3 nitrogen and oxygen atoms in total. The molecule has 1 heterocycles. The van der Waals surface area contributed by atoms with Crippen molar-refractivity contribution in [2.45, 2.75) is 30.8 Å². The number of rotatable bonds is 4. The number of amides is 1. The maximum absolute atomic E-state index is 13.4. The third-order valence-electron chi connectivity index (χ3n) is 6.40. The lowest BCUT2D eigenvalue weighted by molar-refractivity contribution is -0.133. The zero-order chi connectivity index (χ0) is 16.3. The van der Waals surface area contributed by atoms with Gasteiger partial charge in [-0.3, -0.25) is 4.79 Å². The Bertz CT molecular complexity index is 785. The summed E-state index contributed by atoms with van der Waals surface area (Å²) in [7, 11) is 1.68. The molecule has 122 valence electrons. The Kier molecular flexibility index (Phi) is 2.85. The highest BCUT2D eigenvalue weighted by Gasteiger charge is 2.80. The van der Waals surface area contributed by atoms with E-state index in [9.17, 15) is 4.79 Å². The normalized spacial score (nSPS) is 32.8. The molecule has 0 aromatic heterocycles. The second-order valence-electron chi connectivity index (χ2n) is 7.29. The van der Waals surface area contributed by atoms with Crippen molar-refractivity contribution in [2.75, 3.05) is 7.11 Å². The van der Waals surface area contributed by atoms with Crippen LogP contribution in [0.4, 0.5) is 0 Å². The van der Waals surface area contributed by atoms with Gasteiger partial charge in [-0.2, -0.15) is 0 Å². The van der Waals surface area contributed by atoms with Crippen molar-refractivity contribution in [3.63, 3.8) is 0 Å². The fourth-order valence-electron chi connectivity index (χ4n) is 5.40. The van der Waals surface area contributed by atoms with Crippen LogP contribution in [0.25, 0.3) is 0 Å². The Balaban J connectivity index is 1.46. The number of hydrogen-bond acceptors (Lipinski definition) is 2. The Morgan fingerprint density at radius 1 is 1.08 bits per heavy atom. The first-order chi connectivity index (χ1) is 11.8. The molecule has 24 heavy (non-hydrogen) atoms. The largest absolute Gasteiger partial charge is 0.497 e. The van der Waals surface area contributed by atoms with Gasteiger partial charge in [0.15, 0.2) is 0 Å². The van der Waals surface area contributed by atoms with Crippen molar-refractivity contribution in [3.05, 3.63) is 65.7 Å². The first-order valence-corrected chi connectivity index (χ1v) is 8.76. The van der Waals surface area contributed by atoms with Crippen LogP contribution in [-0.4, -0.2) is 24.0 Å². The van der Waals surface area contributed by atoms with Gasteiger partial charge in [0.2, 0.25) is 5.91 Å². The Morgan fingerprint density at radius 2 is 1.83 bits per heavy atom. The van der Waals surface area contributed by atoms with E-state index < -0.39 is 0 Å². The highest BCUT2D eigenvalue weighted by atomic mass is 16.5. The summed E-state index contributed by atoms with van der Waals surface area (Å²) in [6.45, 7) is 0.714. The number of nitrogens with zero attached hydrogens (tertiary/aromatic N) is 1. The van der Waals surface area contributed by atoms with E-state index in [0.717, 1.165) is 12.2 Å². The van der Waals surface area contributed by atoms with Gasteiger partial charge >= 0.3 is 0 Å². The molecule has 3 heteroatoms. The van der Waals surface area contributed by atoms with Gasteiger partial charge in [-0.05, 0) is 42.0 Å². The van der Waals surface area contributed by atoms with Crippen molar-refractivity contribution in [1.82, 2.24) is 4.90 Å². The quantitative estimate of drug-likeness (QED) is 0.864.